The third-order valence-electron chi connectivity index (χ3n) is 3.74. The summed E-state index contributed by atoms with van der Waals surface area (Å²) in [6, 6.07) is 0.753. The van der Waals surface area contributed by atoms with E-state index >= 15 is 0 Å². The molecule has 1 aliphatic rings. The monoisotopic (exact) mass is 243 g/mol. The lowest BCUT2D eigenvalue weighted by atomic mass is 9.92. The Hall–Kier alpha value is -0.650. The topological polar surface area (TPSA) is 81.6 Å². The van der Waals surface area contributed by atoms with Crippen molar-refractivity contribution in [3.05, 3.63) is 0 Å². The molecule has 0 aromatic carbocycles. The summed E-state index contributed by atoms with van der Waals surface area (Å²) in [5.41, 5.74) is 10.3. The number of hydrogen-bond donors (Lipinski definition) is 2. The minimum absolute atomic E-state index is 0.237. The molecule has 0 saturated carbocycles. The summed E-state index contributed by atoms with van der Waals surface area (Å²) in [5.74, 6) is -0.440. The molecule has 1 rings (SSSR count). The zero-order valence-electron chi connectivity index (χ0n) is 11.1. The molecule has 2 atom stereocenters. The van der Waals surface area contributed by atoms with Crippen molar-refractivity contribution in [3.8, 4) is 0 Å². The predicted molar refractivity (Wildman–Crippen MR) is 67.5 cm³/mol. The van der Waals surface area contributed by atoms with E-state index in [4.69, 9.17) is 16.2 Å². The van der Waals surface area contributed by atoms with Crippen LogP contribution in [-0.2, 0) is 9.53 Å². The van der Waals surface area contributed by atoms with Crippen LogP contribution in [0, 0.1) is 0 Å². The van der Waals surface area contributed by atoms with Crippen LogP contribution in [0.4, 0.5) is 0 Å². The van der Waals surface area contributed by atoms with E-state index in [-0.39, 0.29) is 6.04 Å². The van der Waals surface area contributed by atoms with Crippen molar-refractivity contribution in [3.63, 3.8) is 0 Å². The van der Waals surface area contributed by atoms with Crippen LogP contribution in [0.3, 0.4) is 0 Å². The van der Waals surface area contributed by atoms with Gasteiger partial charge in [0.25, 0.3) is 0 Å². The van der Waals surface area contributed by atoms with Gasteiger partial charge in [-0.05, 0) is 40.2 Å². The molecular formula is C12H25N3O2. The van der Waals surface area contributed by atoms with Gasteiger partial charge in [-0.1, -0.05) is 0 Å². The quantitative estimate of drug-likeness (QED) is 0.716. The lowest BCUT2D eigenvalue weighted by molar-refractivity contribution is -0.123. The zero-order valence-corrected chi connectivity index (χ0v) is 11.1. The molecule has 5 nitrogen and oxygen atoms in total. The van der Waals surface area contributed by atoms with Gasteiger partial charge in [-0.2, -0.15) is 0 Å². The summed E-state index contributed by atoms with van der Waals surface area (Å²) in [7, 11) is 2.08. The fraction of sp³-hybridized carbons (Fsp3) is 0.917. The van der Waals surface area contributed by atoms with E-state index in [1.54, 1.807) is 6.92 Å². The van der Waals surface area contributed by atoms with Gasteiger partial charge in [-0.3, -0.25) is 4.79 Å². The predicted octanol–water partition coefficient (Wildman–Crippen LogP) is 0.0785. The third kappa shape index (κ3) is 3.94. The van der Waals surface area contributed by atoms with Gasteiger partial charge in [0.1, 0.15) is 0 Å². The molecule has 0 aromatic rings. The summed E-state index contributed by atoms with van der Waals surface area (Å²) in [6.45, 7) is 5.42. The number of primary amides is 1. The van der Waals surface area contributed by atoms with Crippen molar-refractivity contribution >= 4 is 5.91 Å². The molecule has 4 N–H and O–H groups in total. The molecule has 1 heterocycles. The van der Waals surface area contributed by atoms with Gasteiger partial charge in [-0.25, -0.2) is 0 Å². The van der Waals surface area contributed by atoms with E-state index in [0.717, 1.165) is 26.1 Å². The Morgan fingerprint density at radius 1 is 1.53 bits per heavy atom. The van der Waals surface area contributed by atoms with Crippen LogP contribution in [0.2, 0.25) is 0 Å². The van der Waals surface area contributed by atoms with E-state index in [1.165, 1.54) is 0 Å². The summed E-state index contributed by atoms with van der Waals surface area (Å²) in [6.07, 6.45) is 2.66. The molecule has 1 amide bonds. The van der Waals surface area contributed by atoms with Crippen LogP contribution < -0.4 is 11.5 Å². The first-order valence-corrected chi connectivity index (χ1v) is 6.23. The molecule has 0 aliphatic carbocycles. The van der Waals surface area contributed by atoms with Gasteiger partial charge in [0, 0.05) is 25.3 Å². The molecule has 1 fully saturated rings. The smallest absolute Gasteiger partial charge is 0.237 e. The van der Waals surface area contributed by atoms with Crippen molar-refractivity contribution in [1.82, 2.24) is 4.90 Å². The van der Waals surface area contributed by atoms with Crippen molar-refractivity contribution in [2.45, 2.75) is 50.7 Å². The van der Waals surface area contributed by atoms with Crippen molar-refractivity contribution in [2.75, 3.05) is 20.3 Å². The number of nitrogens with zero attached hydrogens (tertiary/aromatic N) is 1. The maximum atomic E-state index is 11.2. The lowest BCUT2D eigenvalue weighted by Gasteiger charge is -2.38. The van der Waals surface area contributed by atoms with E-state index in [9.17, 15) is 4.79 Å². The number of rotatable bonds is 5. The van der Waals surface area contributed by atoms with Crippen LogP contribution in [0.15, 0.2) is 0 Å². The highest BCUT2D eigenvalue weighted by Crippen LogP contribution is 2.19. The van der Waals surface area contributed by atoms with E-state index < -0.39 is 11.4 Å². The van der Waals surface area contributed by atoms with Gasteiger partial charge in [0.15, 0.2) is 0 Å². The minimum atomic E-state index is -0.932. The third-order valence-corrected chi connectivity index (χ3v) is 3.74. The van der Waals surface area contributed by atoms with Crippen LogP contribution in [-0.4, -0.2) is 48.7 Å². The number of amides is 1. The largest absolute Gasteiger partial charge is 0.381 e. The van der Waals surface area contributed by atoms with Crippen molar-refractivity contribution < 1.29 is 9.53 Å². The Morgan fingerprint density at radius 2 is 2.06 bits per heavy atom. The second-order valence-corrected chi connectivity index (χ2v) is 5.34. The summed E-state index contributed by atoms with van der Waals surface area (Å²) in [4.78, 5) is 13.5. The second kappa shape index (κ2) is 5.80. The zero-order chi connectivity index (χ0) is 13.1. The maximum Gasteiger partial charge on any atom is 0.237 e. The Kier molecular flexibility index (Phi) is 4.91. The molecule has 0 radical (unpaired) electrons. The number of carbonyl (C=O) groups excluding carboxylic acids is 1. The molecule has 0 bridgehead atoms. The van der Waals surface area contributed by atoms with Crippen molar-refractivity contribution in [1.29, 1.82) is 0 Å². The van der Waals surface area contributed by atoms with E-state index in [2.05, 4.69) is 18.9 Å². The SMILES string of the molecule is CC(CC(C)(N)C(N)=O)N(C)C1CCOCC1. The highest BCUT2D eigenvalue weighted by Gasteiger charge is 2.31. The van der Waals surface area contributed by atoms with E-state index in [1.807, 2.05) is 0 Å². The molecule has 1 aliphatic heterocycles. The first kappa shape index (κ1) is 14.4. The molecule has 5 heteroatoms. The summed E-state index contributed by atoms with van der Waals surface area (Å²) in [5, 5.41) is 0. The highest BCUT2D eigenvalue weighted by atomic mass is 16.5. The van der Waals surface area contributed by atoms with Gasteiger partial charge in [-0.15, -0.1) is 0 Å². The molecular weight excluding hydrogens is 218 g/mol. The molecule has 0 spiro atoms. The van der Waals surface area contributed by atoms with E-state index in [0.29, 0.717) is 12.5 Å². The fourth-order valence-electron chi connectivity index (χ4n) is 2.31. The average molecular weight is 243 g/mol. The Morgan fingerprint density at radius 3 is 2.53 bits per heavy atom. The Bertz CT molecular complexity index is 262. The van der Waals surface area contributed by atoms with Gasteiger partial charge in [0.2, 0.25) is 5.91 Å². The standard InChI is InChI=1S/C12H25N3O2/c1-9(8-12(2,14)11(13)16)15(3)10-4-6-17-7-5-10/h9-10H,4-8,14H2,1-3H3,(H2,13,16). The number of hydrogen-bond acceptors (Lipinski definition) is 4. The normalized spacial score (nSPS) is 23.4. The Labute approximate surface area is 103 Å². The van der Waals surface area contributed by atoms with Crippen molar-refractivity contribution in [2.24, 2.45) is 11.5 Å². The van der Waals surface area contributed by atoms with Gasteiger partial charge >= 0.3 is 0 Å². The Balaban J connectivity index is 2.51. The molecule has 1 saturated heterocycles. The second-order valence-electron chi connectivity index (χ2n) is 5.34. The first-order valence-electron chi connectivity index (χ1n) is 6.23. The first-order chi connectivity index (χ1) is 7.84. The summed E-state index contributed by atoms with van der Waals surface area (Å²) < 4.78 is 5.34. The fourth-order valence-corrected chi connectivity index (χ4v) is 2.31. The van der Waals surface area contributed by atoms with Crippen LogP contribution >= 0.6 is 0 Å². The summed E-state index contributed by atoms with van der Waals surface area (Å²) >= 11 is 0. The molecule has 17 heavy (non-hydrogen) atoms. The van der Waals surface area contributed by atoms with Crippen LogP contribution in [0.1, 0.15) is 33.1 Å². The average Bonchev–Trinajstić information content (AvgIpc) is 2.28. The van der Waals surface area contributed by atoms with Gasteiger partial charge in [0.05, 0.1) is 5.54 Å². The van der Waals surface area contributed by atoms with Gasteiger partial charge < -0.3 is 21.1 Å². The number of ether oxygens (including phenoxy) is 1. The minimum Gasteiger partial charge on any atom is -0.381 e. The maximum absolute atomic E-state index is 11.2. The van der Waals surface area contributed by atoms with Crippen LogP contribution in [0.25, 0.3) is 0 Å². The number of carbonyl (C=O) groups is 1. The molecule has 2 unspecified atom stereocenters. The number of nitrogens with two attached hydrogens (primary N) is 2. The lowest BCUT2D eigenvalue weighted by Crippen LogP contribution is -2.54. The molecule has 0 aromatic heterocycles. The van der Waals surface area contributed by atoms with Crippen LogP contribution in [0.5, 0.6) is 0 Å². The molecule has 100 valence electrons. The highest BCUT2D eigenvalue weighted by molar-refractivity contribution is 5.83.